The summed E-state index contributed by atoms with van der Waals surface area (Å²) in [5.74, 6) is 0. The minimum absolute atomic E-state index is 0.899. The van der Waals surface area contributed by atoms with E-state index in [-0.39, 0.29) is 0 Å². The Morgan fingerprint density at radius 2 is 2.00 bits per heavy atom. The van der Waals surface area contributed by atoms with Crippen LogP contribution in [0, 0.1) is 20.8 Å². The second-order valence-corrected chi connectivity index (χ2v) is 4.52. The van der Waals surface area contributed by atoms with E-state index in [2.05, 4.69) is 18.0 Å². The largest absolute Gasteiger partial charge is 0.398 e. The first-order valence-electron chi connectivity index (χ1n) is 4.22. The van der Waals surface area contributed by atoms with Crippen molar-refractivity contribution in [1.82, 2.24) is 4.98 Å². The van der Waals surface area contributed by atoms with E-state index in [1.807, 2.05) is 13.8 Å². The Bertz CT molecular complexity index is 471. The lowest BCUT2D eigenvalue weighted by Gasteiger charge is -2.03. The van der Waals surface area contributed by atoms with Gasteiger partial charge in [0.25, 0.3) is 0 Å². The first kappa shape index (κ1) is 8.51. The third-order valence-corrected chi connectivity index (χ3v) is 3.39. The van der Waals surface area contributed by atoms with E-state index in [0.717, 1.165) is 21.8 Å². The van der Waals surface area contributed by atoms with Crippen molar-refractivity contribution in [1.29, 1.82) is 0 Å². The average molecular weight is 192 g/mol. The molecule has 0 bridgehead atoms. The van der Waals surface area contributed by atoms with E-state index in [9.17, 15) is 0 Å². The van der Waals surface area contributed by atoms with Crippen molar-refractivity contribution in [2.75, 3.05) is 5.73 Å². The van der Waals surface area contributed by atoms with Gasteiger partial charge in [0.2, 0.25) is 0 Å². The minimum atomic E-state index is 0.899. The molecule has 0 unspecified atom stereocenters. The highest BCUT2D eigenvalue weighted by atomic mass is 32.1. The second kappa shape index (κ2) is 2.70. The summed E-state index contributed by atoms with van der Waals surface area (Å²) in [6.07, 6.45) is 0. The van der Waals surface area contributed by atoms with Gasteiger partial charge in [-0.15, -0.1) is 11.3 Å². The number of hydrogen-bond acceptors (Lipinski definition) is 3. The number of fused-ring (bicyclic) bond motifs is 1. The monoisotopic (exact) mass is 192 g/mol. The van der Waals surface area contributed by atoms with Gasteiger partial charge in [0.1, 0.15) is 0 Å². The lowest BCUT2D eigenvalue weighted by molar-refractivity contribution is 1.33. The Labute approximate surface area is 81.4 Å². The number of thiazole rings is 1. The lowest BCUT2D eigenvalue weighted by atomic mass is 10.1. The molecule has 0 spiro atoms. The van der Waals surface area contributed by atoms with Gasteiger partial charge < -0.3 is 5.73 Å². The zero-order valence-electron chi connectivity index (χ0n) is 8.01. The third kappa shape index (κ3) is 1.20. The molecule has 1 aromatic carbocycles. The van der Waals surface area contributed by atoms with Gasteiger partial charge in [-0.3, -0.25) is 0 Å². The third-order valence-electron chi connectivity index (χ3n) is 2.28. The van der Waals surface area contributed by atoms with Gasteiger partial charge in [0, 0.05) is 5.69 Å². The van der Waals surface area contributed by atoms with Gasteiger partial charge >= 0.3 is 0 Å². The van der Waals surface area contributed by atoms with Crippen molar-refractivity contribution in [3.05, 3.63) is 22.2 Å². The molecule has 2 N–H and O–H groups in total. The van der Waals surface area contributed by atoms with Crippen LogP contribution >= 0.6 is 11.3 Å². The van der Waals surface area contributed by atoms with Gasteiger partial charge in [0.05, 0.1) is 15.2 Å². The number of rotatable bonds is 0. The quantitative estimate of drug-likeness (QED) is 0.652. The Kier molecular flexibility index (Phi) is 1.77. The number of nitrogens with two attached hydrogens (primary N) is 1. The summed E-state index contributed by atoms with van der Waals surface area (Å²) >= 11 is 1.71. The van der Waals surface area contributed by atoms with E-state index in [1.165, 1.54) is 10.3 Å². The van der Waals surface area contributed by atoms with Crippen molar-refractivity contribution in [2.45, 2.75) is 20.8 Å². The topological polar surface area (TPSA) is 38.9 Å². The van der Waals surface area contributed by atoms with Crippen LogP contribution in [0.1, 0.15) is 16.1 Å². The van der Waals surface area contributed by atoms with Gasteiger partial charge in [0.15, 0.2) is 0 Å². The molecule has 1 aromatic heterocycles. The predicted molar refractivity (Wildman–Crippen MR) is 58.2 cm³/mol. The van der Waals surface area contributed by atoms with Gasteiger partial charge in [-0.05, 0) is 38.0 Å². The molecule has 0 aliphatic heterocycles. The normalized spacial score (nSPS) is 11.0. The van der Waals surface area contributed by atoms with E-state index in [4.69, 9.17) is 5.73 Å². The molecule has 0 aliphatic carbocycles. The molecule has 0 saturated heterocycles. The molecule has 1 heterocycles. The van der Waals surface area contributed by atoms with Crippen LogP contribution in [0.2, 0.25) is 0 Å². The van der Waals surface area contributed by atoms with Crippen molar-refractivity contribution in [3.8, 4) is 0 Å². The minimum Gasteiger partial charge on any atom is -0.398 e. The van der Waals surface area contributed by atoms with Crippen molar-refractivity contribution in [2.24, 2.45) is 0 Å². The molecule has 0 amide bonds. The van der Waals surface area contributed by atoms with Crippen LogP contribution in [0.4, 0.5) is 5.69 Å². The van der Waals surface area contributed by atoms with Gasteiger partial charge in [-0.2, -0.15) is 0 Å². The Morgan fingerprint density at radius 3 is 2.69 bits per heavy atom. The zero-order valence-corrected chi connectivity index (χ0v) is 8.83. The standard InChI is InChI=1S/C10H12N2S/c1-5-4-8-10(6(2)9(5)11)13-7(3)12-8/h4H,11H2,1-3H3. The molecule has 2 nitrogen and oxygen atoms in total. The summed E-state index contributed by atoms with van der Waals surface area (Å²) in [5, 5.41) is 1.10. The molecule has 2 aromatic rings. The summed E-state index contributed by atoms with van der Waals surface area (Å²) in [4.78, 5) is 4.44. The SMILES string of the molecule is Cc1nc2cc(C)c(N)c(C)c2s1. The maximum atomic E-state index is 5.94. The summed E-state index contributed by atoms with van der Waals surface area (Å²) < 4.78 is 1.22. The number of anilines is 1. The molecule has 2 rings (SSSR count). The van der Waals surface area contributed by atoms with Crippen molar-refractivity contribution >= 4 is 27.2 Å². The average Bonchev–Trinajstić information content (AvgIpc) is 2.42. The molecule has 0 fully saturated rings. The summed E-state index contributed by atoms with van der Waals surface area (Å²) in [6.45, 7) is 6.11. The number of benzene rings is 1. The van der Waals surface area contributed by atoms with Crippen molar-refractivity contribution in [3.63, 3.8) is 0 Å². The first-order valence-corrected chi connectivity index (χ1v) is 5.04. The van der Waals surface area contributed by atoms with Crippen LogP contribution in [-0.2, 0) is 0 Å². The summed E-state index contributed by atoms with van der Waals surface area (Å²) in [7, 11) is 0. The van der Waals surface area contributed by atoms with Crippen LogP contribution in [0.5, 0.6) is 0 Å². The molecule has 0 atom stereocenters. The number of nitrogen functional groups attached to an aromatic ring is 1. The maximum Gasteiger partial charge on any atom is 0.0907 e. The summed E-state index contributed by atoms with van der Waals surface area (Å²) in [5.41, 5.74) is 10.2. The van der Waals surface area contributed by atoms with Crippen molar-refractivity contribution < 1.29 is 0 Å². The molecule has 13 heavy (non-hydrogen) atoms. The van der Waals surface area contributed by atoms with E-state index < -0.39 is 0 Å². The van der Waals surface area contributed by atoms with E-state index >= 15 is 0 Å². The molecule has 3 heteroatoms. The van der Waals surface area contributed by atoms with Gasteiger partial charge in [-0.1, -0.05) is 0 Å². The fraction of sp³-hybridized carbons (Fsp3) is 0.300. The number of nitrogens with zero attached hydrogens (tertiary/aromatic N) is 1. The highest BCUT2D eigenvalue weighted by Gasteiger charge is 2.07. The smallest absolute Gasteiger partial charge is 0.0907 e. The summed E-state index contributed by atoms with van der Waals surface area (Å²) in [6, 6.07) is 2.06. The second-order valence-electron chi connectivity index (χ2n) is 3.31. The van der Waals surface area contributed by atoms with Crippen LogP contribution in [0.3, 0.4) is 0 Å². The molecule has 0 radical (unpaired) electrons. The molecular formula is C10H12N2S. The Morgan fingerprint density at radius 1 is 1.31 bits per heavy atom. The van der Waals surface area contributed by atoms with Gasteiger partial charge in [-0.25, -0.2) is 4.98 Å². The molecule has 68 valence electrons. The van der Waals surface area contributed by atoms with Crippen LogP contribution < -0.4 is 5.73 Å². The molecule has 0 aliphatic rings. The Balaban J connectivity index is 2.92. The molecular weight excluding hydrogens is 180 g/mol. The number of hydrogen-bond donors (Lipinski definition) is 1. The zero-order chi connectivity index (χ0) is 9.59. The van der Waals surface area contributed by atoms with E-state index in [1.54, 1.807) is 11.3 Å². The lowest BCUT2D eigenvalue weighted by Crippen LogP contribution is -1.93. The fourth-order valence-electron chi connectivity index (χ4n) is 1.51. The van der Waals surface area contributed by atoms with E-state index in [0.29, 0.717) is 0 Å². The number of aromatic nitrogens is 1. The highest BCUT2D eigenvalue weighted by Crippen LogP contribution is 2.30. The van der Waals surface area contributed by atoms with Crippen LogP contribution in [0.25, 0.3) is 10.2 Å². The predicted octanol–water partition coefficient (Wildman–Crippen LogP) is 2.80. The maximum absolute atomic E-state index is 5.94. The highest BCUT2D eigenvalue weighted by molar-refractivity contribution is 7.18. The molecule has 0 saturated carbocycles. The van der Waals surface area contributed by atoms with Crippen LogP contribution in [-0.4, -0.2) is 4.98 Å². The number of aryl methyl sites for hydroxylation is 3. The van der Waals surface area contributed by atoms with Crippen LogP contribution in [0.15, 0.2) is 6.07 Å². The fourth-order valence-corrected chi connectivity index (χ4v) is 2.42. The Hall–Kier alpha value is -1.09. The first-order chi connectivity index (χ1) is 6.09.